The number of hydrogen-bond donors (Lipinski definition) is 1. The molecule has 0 bridgehead atoms. The Morgan fingerprint density at radius 1 is 1.13 bits per heavy atom. The number of nitrogens with zero attached hydrogens (tertiary/aromatic N) is 1. The number of imide groups is 2. The predicted molar refractivity (Wildman–Crippen MR) is 51.9 cm³/mol. The van der Waals surface area contributed by atoms with Gasteiger partial charge in [-0.15, -0.1) is 0 Å². The number of carbonyl (C=O) groups excluding carboxylic acids is 3. The summed E-state index contributed by atoms with van der Waals surface area (Å²) in [6, 6.07) is -0.561. The van der Waals surface area contributed by atoms with E-state index in [9.17, 15) is 14.4 Å². The molecule has 5 nitrogen and oxygen atoms in total. The molecule has 0 atom stereocenters. The molecule has 4 amide bonds. The quantitative estimate of drug-likeness (QED) is 0.514. The Bertz CT molecular complexity index is 332. The van der Waals surface area contributed by atoms with Crippen molar-refractivity contribution in [3.63, 3.8) is 0 Å². The van der Waals surface area contributed by atoms with E-state index in [0.717, 1.165) is 37.0 Å². The van der Waals surface area contributed by atoms with Crippen molar-refractivity contribution in [3.05, 3.63) is 0 Å². The van der Waals surface area contributed by atoms with Crippen molar-refractivity contribution < 1.29 is 14.4 Å². The summed E-state index contributed by atoms with van der Waals surface area (Å²) in [5.74, 6) is -1.50. The van der Waals surface area contributed by atoms with Crippen molar-refractivity contribution >= 4 is 17.8 Å². The van der Waals surface area contributed by atoms with Gasteiger partial charge in [0.05, 0.1) is 5.54 Å². The van der Waals surface area contributed by atoms with Gasteiger partial charge in [0.2, 0.25) is 0 Å². The van der Waals surface area contributed by atoms with Crippen molar-refractivity contribution in [1.82, 2.24) is 10.2 Å². The van der Waals surface area contributed by atoms with E-state index >= 15 is 0 Å². The van der Waals surface area contributed by atoms with Gasteiger partial charge in [0.15, 0.2) is 0 Å². The molecule has 0 spiro atoms. The van der Waals surface area contributed by atoms with Crippen molar-refractivity contribution in [2.24, 2.45) is 0 Å². The number of rotatable bonds is 1. The minimum atomic E-state index is -0.799. The number of urea groups is 1. The Hall–Kier alpha value is -1.39. The summed E-state index contributed by atoms with van der Waals surface area (Å²) < 4.78 is 0. The van der Waals surface area contributed by atoms with Gasteiger partial charge < -0.3 is 0 Å². The normalized spacial score (nSPS) is 25.7. The smallest absolute Gasteiger partial charge is 0.269 e. The zero-order valence-electron chi connectivity index (χ0n) is 8.71. The van der Waals surface area contributed by atoms with Crippen LogP contribution in [0.5, 0.6) is 0 Å². The molecule has 1 heterocycles. The van der Waals surface area contributed by atoms with Crippen LogP contribution in [-0.4, -0.2) is 28.3 Å². The van der Waals surface area contributed by atoms with Crippen LogP contribution in [0.3, 0.4) is 0 Å². The summed E-state index contributed by atoms with van der Waals surface area (Å²) in [5, 5.41) is 2.04. The molecule has 82 valence electrons. The minimum Gasteiger partial charge on any atom is -0.269 e. The second-order valence-electron chi connectivity index (χ2n) is 4.46. The average Bonchev–Trinajstić information content (AvgIpc) is 2.42. The molecule has 1 saturated heterocycles. The second kappa shape index (κ2) is 3.32. The van der Waals surface area contributed by atoms with Crippen LogP contribution in [0.4, 0.5) is 4.79 Å². The van der Waals surface area contributed by atoms with E-state index in [2.05, 4.69) is 0 Å². The highest BCUT2D eigenvalue weighted by atomic mass is 16.2. The van der Waals surface area contributed by atoms with E-state index in [4.69, 9.17) is 0 Å². The van der Waals surface area contributed by atoms with Gasteiger partial charge in [0, 0.05) is 0 Å². The molecule has 1 aliphatic carbocycles. The molecule has 2 rings (SSSR count). The van der Waals surface area contributed by atoms with Crippen molar-refractivity contribution in [2.75, 3.05) is 0 Å². The first-order chi connectivity index (χ1) is 7.04. The fraction of sp³-hybridized carbons (Fsp3) is 0.700. The molecule has 15 heavy (non-hydrogen) atoms. The van der Waals surface area contributed by atoms with Gasteiger partial charge in [0.1, 0.15) is 0 Å². The van der Waals surface area contributed by atoms with Crippen LogP contribution >= 0.6 is 0 Å². The maximum Gasteiger partial charge on any atom is 0.332 e. The maximum atomic E-state index is 11.5. The maximum absolute atomic E-state index is 11.5. The van der Waals surface area contributed by atoms with Gasteiger partial charge in [-0.05, 0) is 19.8 Å². The largest absolute Gasteiger partial charge is 0.332 e. The highest BCUT2D eigenvalue weighted by Crippen LogP contribution is 2.34. The molecule has 1 aliphatic heterocycles. The molecular weight excluding hydrogens is 196 g/mol. The second-order valence-corrected chi connectivity index (χ2v) is 4.46. The lowest BCUT2D eigenvalue weighted by molar-refractivity contribution is -0.143. The Balaban J connectivity index is 2.25. The van der Waals surface area contributed by atoms with E-state index in [0.29, 0.717) is 0 Å². The van der Waals surface area contributed by atoms with Crippen LogP contribution in [0, 0.1) is 0 Å². The Kier molecular flexibility index (Phi) is 2.25. The molecule has 1 N–H and O–H groups in total. The topological polar surface area (TPSA) is 66.5 Å². The van der Waals surface area contributed by atoms with E-state index < -0.39 is 23.4 Å². The van der Waals surface area contributed by atoms with Crippen LogP contribution in [0.15, 0.2) is 0 Å². The molecule has 2 aliphatic rings. The summed E-state index contributed by atoms with van der Waals surface area (Å²) in [6.45, 7) is 1.88. The SMILES string of the molecule is CC1(N2C(=O)NC(=O)C2=O)CCCCC1. The van der Waals surface area contributed by atoms with E-state index in [1.807, 2.05) is 12.2 Å². The summed E-state index contributed by atoms with van der Waals surface area (Å²) in [4.78, 5) is 35.1. The first-order valence-electron chi connectivity index (χ1n) is 5.24. The van der Waals surface area contributed by atoms with Crippen LogP contribution in [-0.2, 0) is 9.59 Å². The molecule has 5 heteroatoms. The monoisotopic (exact) mass is 210 g/mol. The highest BCUT2D eigenvalue weighted by Gasteiger charge is 2.47. The van der Waals surface area contributed by atoms with Crippen molar-refractivity contribution in [3.8, 4) is 0 Å². The zero-order chi connectivity index (χ0) is 11.1. The van der Waals surface area contributed by atoms with Crippen molar-refractivity contribution in [2.45, 2.75) is 44.6 Å². The third kappa shape index (κ3) is 1.52. The zero-order valence-corrected chi connectivity index (χ0v) is 8.71. The summed E-state index contributed by atoms with van der Waals surface area (Å²) in [6.07, 6.45) is 4.72. The predicted octanol–water partition coefficient (Wildman–Crippen LogP) is 0.788. The number of amides is 4. The Morgan fingerprint density at radius 2 is 1.73 bits per heavy atom. The number of hydrogen-bond acceptors (Lipinski definition) is 3. The van der Waals surface area contributed by atoms with Gasteiger partial charge in [-0.2, -0.15) is 0 Å². The molecule has 0 aromatic carbocycles. The Morgan fingerprint density at radius 3 is 2.20 bits per heavy atom. The minimum absolute atomic E-state index is 0.467. The third-order valence-electron chi connectivity index (χ3n) is 3.29. The van der Waals surface area contributed by atoms with Gasteiger partial charge in [0.25, 0.3) is 0 Å². The third-order valence-corrected chi connectivity index (χ3v) is 3.29. The molecule has 0 radical (unpaired) electrons. The molecule has 1 saturated carbocycles. The standard InChI is InChI=1S/C10H14N2O3/c1-10(5-3-2-4-6-10)12-8(14)7(13)11-9(12)15/h2-6H2,1H3,(H,11,13,15). The first kappa shape index (κ1) is 10.1. The van der Waals surface area contributed by atoms with Gasteiger partial charge in [-0.3, -0.25) is 14.9 Å². The highest BCUT2D eigenvalue weighted by molar-refractivity contribution is 6.45. The summed E-state index contributed by atoms with van der Waals surface area (Å²) >= 11 is 0. The van der Waals surface area contributed by atoms with E-state index in [-0.39, 0.29) is 0 Å². The van der Waals surface area contributed by atoms with Gasteiger partial charge >= 0.3 is 17.8 Å². The number of carbonyl (C=O) groups is 3. The summed E-state index contributed by atoms with van der Waals surface area (Å²) in [7, 11) is 0. The van der Waals surface area contributed by atoms with Crippen LogP contribution in [0.25, 0.3) is 0 Å². The lowest BCUT2D eigenvalue weighted by Crippen LogP contribution is -2.51. The molecule has 0 aromatic rings. The van der Waals surface area contributed by atoms with E-state index in [1.54, 1.807) is 0 Å². The average molecular weight is 210 g/mol. The number of nitrogens with one attached hydrogen (secondary N) is 1. The van der Waals surface area contributed by atoms with Crippen LogP contribution < -0.4 is 5.32 Å². The van der Waals surface area contributed by atoms with E-state index in [1.165, 1.54) is 0 Å². The van der Waals surface area contributed by atoms with Crippen molar-refractivity contribution in [1.29, 1.82) is 0 Å². The van der Waals surface area contributed by atoms with Gasteiger partial charge in [-0.25, -0.2) is 9.69 Å². The lowest BCUT2D eigenvalue weighted by atomic mass is 9.82. The Labute approximate surface area is 87.8 Å². The van der Waals surface area contributed by atoms with Crippen LogP contribution in [0.2, 0.25) is 0 Å². The fourth-order valence-electron chi connectivity index (χ4n) is 2.43. The first-order valence-corrected chi connectivity index (χ1v) is 5.24. The lowest BCUT2D eigenvalue weighted by Gasteiger charge is -2.39. The molecule has 0 aromatic heterocycles. The molecular formula is C10H14N2O3. The molecule has 0 unspecified atom stereocenters. The fourth-order valence-corrected chi connectivity index (χ4v) is 2.43. The summed E-state index contributed by atoms with van der Waals surface area (Å²) in [5.41, 5.74) is -0.467. The molecule has 2 fully saturated rings. The van der Waals surface area contributed by atoms with Gasteiger partial charge in [-0.1, -0.05) is 19.3 Å². The van der Waals surface area contributed by atoms with Crippen LogP contribution in [0.1, 0.15) is 39.0 Å².